The molecule has 1 heterocycles. The first kappa shape index (κ1) is 22.0. The number of carbonyl (C=O) groups is 1. The van der Waals surface area contributed by atoms with Crippen molar-refractivity contribution in [3.05, 3.63) is 64.1 Å². The van der Waals surface area contributed by atoms with E-state index in [2.05, 4.69) is 33.4 Å². The van der Waals surface area contributed by atoms with Crippen LogP contribution in [0.4, 0.5) is 0 Å². The zero-order valence-electron chi connectivity index (χ0n) is 16.4. The number of hydrogen-bond donors (Lipinski definition) is 1. The maximum Gasteiger partial charge on any atom is 0.243 e. The SMILES string of the molecule is O=C(CCCCc1ccc(Br)cc1)NCc1ccc(S(=O)(=O)N2CCCC2)cc1. The van der Waals surface area contributed by atoms with E-state index in [0.717, 1.165) is 42.1 Å². The van der Waals surface area contributed by atoms with Crippen molar-refractivity contribution in [3.63, 3.8) is 0 Å². The number of unbranched alkanes of at least 4 members (excludes halogenated alkanes) is 1. The molecule has 0 bridgehead atoms. The van der Waals surface area contributed by atoms with Crippen molar-refractivity contribution in [1.29, 1.82) is 0 Å². The van der Waals surface area contributed by atoms with Crippen molar-refractivity contribution in [1.82, 2.24) is 9.62 Å². The number of rotatable bonds is 9. The molecule has 3 rings (SSSR count). The zero-order valence-corrected chi connectivity index (χ0v) is 18.8. The van der Waals surface area contributed by atoms with E-state index in [1.165, 1.54) is 9.87 Å². The molecule has 1 amide bonds. The number of carbonyl (C=O) groups excluding carboxylic acids is 1. The molecule has 1 fully saturated rings. The minimum absolute atomic E-state index is 0.0228. The molecule has 0 spiro atoms. The van der Waals surface area contributed by atoms with Crippen molar-refractivity contribution < 1.29 is 13.2 Å². The van der Waals surface area contributed by atoms with Crippen LogP contribution in [0.2, 0.25) is 0 Å². The Morgan fingerprint density at radius 3 is 2.21 bits per heavy atom. The molecule has 1 N–H and O–H groups in total. The van der Waals surface area contributed by atoms with Crippen LogP contribution in [0.3, 0.4) is 0 Å². The van der Waals surface area contributed by atoms with E-state index in [1.807, 2.05) is 12.1 Å². The second-order valence-electron chi connectivity index (χ2n) is 7.37. The van der Waals surface area contributed by atoms with Gasteiger partial charge in [-0.3, -0.25) is 4.79 Å². The van der Waals surface area contributed by atoms with Gasteiger partial charge in [0, 0.05) is 30.5 Å². The number of sulfonamides is 1. The van der Waals surface area contributed by atoms with Gasteiger partial charge in [0.25, 0.3) is 0 Å². The topological polar surface area (TPSA) is 66.5 Å². The summed E-state index contributed by atoms with van der Waals surface area (Å²) in [5.41, 5.74) is 2.17. The lowest BCUT2D eigenvalue weighted by molar-refractivity contribution is -0.121. The molecular formula is C22H27BrN2O3S. The summed E-state index contributed by atoms with van der Waals surface area (Å²) in [7, 11) is -3.38. The Bertz CT molecular complexity index is 906. The van der Waals surface area contributed by atoms with Crippen LogP contribution in [0.1, 0.15) is 43.2 Å². The third-order valence-electron chi connectivity index (χ3n) is 5.15. The molecule has 0 atom stereocenters. The van der Waals surface area contributed by atoms with Crippen LogP contribution < -0.4 is 5.32 Å². The number of amides is 1. The van der Waals surface area contributed by atoms with E-state index in [1.54, 1.807) is 24.3 Å². The van der Waals surface area contributed by atoms with Crippen LogP contribution in [0.25, 0.3) is 0 Å². The first-order valence-corrected chi connectivity index (χ1v) is 12.3. The van der Waals surface area contributed by atoms with Gasteiger partial charge in [-0.2, -0.15) is 4.31 Å². The highest BCUT2D eigenvalue weighted by atomic mass is 79.9. The summed E-state index contributed by atoms with van der Waals surface area (Å²) >= 11 is 3.43. The molecule has 0 saturated carbocycles. The van der Waals surface area contributed by atoms with Gasteiger partial charge < -0.3 is 5.32 Å². The summed E-state index contributed by atoms with van der Waals surface area (Å²) < 4.78 is 27.7. The first-order valence-electron chi connectivity index (χ1n) is 10.1. The number of aryl methyl sites for hydroxylation is 1. The molecule has 1 saturated heterocycles. The quantitative estimate of drug-likeness (QED) is 0.547. The van der Waals surface area contributed by atoms with Crippen LogP contribution >= 0.6 is 15.9 Å². The standard InChI is InChI=1S/C22H27BrN2O3S/c23-20-11-7-18(8-12-20)5-1-2-6-22(26)24-17-19-9-13-21(14-10-19)29(27,28)25-15-3-4-16-25/h7-14H,1-6,15-17H2,(H,24,26). The van der Waals surface area contributed by atoms with E-state index >= 15 is 0 Å². The van der Waals surface area contributed by atoms with E-state index in [9.17, 15) is 13.2 Å². The van der Waals surface area contributed by atoms with Crippen molar-refractivity contribution in [2.75, 3.05) is 13.1 Å². The lowest BCUT2D eigenvalue weighted by atomic mass is 10.1. The lowest BCUT2D eigenvalue weighted by Gasteiger charge is -2.15. The average Bonchev–Trinajstić information content (AvgIpc) is 3.27. The normalized spacial score (nSPS) is 14.8. The van der Waals surface area contributed by atoms with Gasteiger partial charge in [0.15, 0.2) is 0 Å². The van der Waals surface area contributed by atoms with E-state index < -0.39 is 10.0 Å². The molecule has 1 aliphatic rings. The Morgan fingerprint density at radius 2 is 1.55 bits per heavy atom. The largest absolute Gasteiger partial charge is 0.352 e. The fourth-order valence-electron chi connectivity index (χ4n) is 3.41. The van der Waals surface area contributed by atoms with E-state index in [4.69, 9.17) is 0 Å². The molecule has 0 aromatic heterocycles. The third kappa shape index (κ3) is 6.39. The molecule has 0 unspecified atom stereocenters. The van der Waals surface area contributed by atoms with Gasteiger partial charge >= 0.3 is 0 Å². The van der Waals surface area contributed by atoms with Crippen molar-refractivity contribution in [2.24, 2.45) is 0 Å². The Balaban J connectivity index is 1.39. The lowest BCUT2D eigenvalue weighted by Crippen LogP contribution is -2.27. The van der Waals surface area contributed by atoms with Crippen molar-refractivity contribution >= 4 is 31.9 Å². The van der Waals surface area contributed by atoms with Gasteiger partial charge in [-0.1, -0.05) is 40.2 Å². The second kappa shape index (κ2) is 10.4. The van der Waals surface area contributed by atoms with Gasteiger partial charge in [0.1, 0.15) is 0 Å². The maximum absolute atomic E-state index is 12.5. The maximum atomic E-state index is 12.5. The Labute approximate surface area is 181 Å². The summed E-state index contributed by atoms with van der Waals surface area (Å²) in [5, 5.41) is 2.91. The summed E-state index contributed by atoms with van der Waals surface area (Å²) in [6, 6.07) is 15.1. The molecule has 7 heteroatoms. The molecule has 156 valence electrons. The molecule has 29 heavy (non-hydrogen) atoms. The Morgan fingerprint density at radius 1 is 0.931 bits per heavy atom. The first-order chi connectivity index (χ1) is 13.9. The van der Waals surface area contributed by atoms with Crippen LogP contribution in [0.15, 0.2) is 57.9 Å². The smallest absolute Gasteiger partial charge is 0.243 e. The van der Waals surface area contributed by atoms with Gasteiger partial charge in [0.2, 0.25) is 15.9 Å². The molecule has 2 aromatic rings. The summed E-state index contributed by atoms with van der Waals surface area (Å²) in [6.45, 7) is 1.61. The molecule has 2 aromatic carbocycles. The highest BCUT2D eigenvalue weighted by Gasteiger charge is 2.26. The van der Waals surface area contributed by atoms with Crippen molar-refractivity contribution in [3.8, 4) is 0 Å². The fourth-order valence-corrected chi connectivity index (χ4v) is 5.19. The minimum atomic E-state index is -3.38. The Kier molecular flexibility index (Phi) is 7.86. The molecule has 5 nitrogen and oxygen atoms in total. The highest BCUT2D eigenvalue weighted by Crippen LogP contribution is 2.21. The average molecular weight is 479 g/mol. The van der Waals surface area contributed by atoms with E-state index in [-0.39, 0.29) is 5.91 Å². The van der Waals surface area contributed by atoms with Crippen LogP contribution in [-0.4, -0.2) is 31.7 Å². The van der Waals surface area contributed by atoms with Gasteiger partial charge in [0.05, 0.1) is 4.90 Å². The second-order valence-corrected chi connectivity index (χ2v) is 10.2. The fraction of sp³-hybridized carbons (Fsp3) is 0.409. The highest BCUT2D eigenvalue weighted by molar-refractivity contribution is 9.10. The van der Waals surface area contributed by atoms with Crippen LogP contribution in [-0.2, 0) is 27.8 Å². The third-order valence-corrected chi connectivity index (χ3v) is 7.59. The summed E-state index contributed by atoms with van der Waals surface area (Å²) in [6.07, 6.45) is 5.12. The number of benzene rings is 2. The summed E-state index contributed by atoms with van der Waals surface area (Å²) in [5.74, 6) is 0.0228. The zero-order chi connectivity index (χ0) is 20.7. The van der Waals surface area contributed by atoms with Crippen LogP contribution in [0, 0.1) is 0 Å². The minimum Gasteiger partial charge on any atom is -0.352 e. The number of halogens is 1. The monoisotopic (exact) mass is 478 g/mol. The van der Waals surface area contributed by atoms with Gasteiger partial charge in [-0.25, -0.2) is 8.42 Å². The van der Waals surface area contributed by atoms with E-state index in [0.29, 0.717) is 31.0 Å². The number of nitrogens with one attached hydrogen (secondary N) is 1. The van der Waals surface area contributed by atoms with Crippen LogP contribution in [0.5, 0.6) is 0 Å². The van der Waals surface area contributed by atoms with Crippen molar-refractivity contribution in [2.45, 2.75) is 50.0 Å². The summed E-state index contributed by atoms with van der Waals surface area (Å²) in [4.78, 5) is 12.4. The number of hydrogen-bond acceptors (Lipinski definition) is 3. The molecule has 0 aliphatic carbocycles. The van der Waals surface area contributed by atoms with Gasteiger partial charge in [-0.05, 0) is 67.5 Å². The van der Waals surface area contributed by atoms with Gasteiger partial charge in [-0.15, -0.1) is 0 Å². The predicted octanol–water partition coefficient (Wildman–Crippen LogP) is 4.26. The number of nitrogens with zero attached hydrogens (tertiary/aromatic N) is 1. The molecule has 1 aliphatic heterocycles. The predicted molar refractivity (Wildman–Crippen MR) is 118 cm³/mol. The molecule has 0 radical (unpaired) electrons. The molecular weight excluding hydrogens is 452 g/mol. The Hall–Kier alpha value is -1.70.